The van der Waals surface area contributed by atoms with Crippen LogP contribution in [0.3, 0.4) is 0 Å². The van der Waals surface area contributed by atoms with Gasteiger partial charge in [-0.2, -0.15) is 0 Å². The molecule has 0 amide bonds. The van der Waals surface area contributed by atoms with Crippen molar-refractivity contribution in [2.75, 3.05) is 0 Å². The van der Waals surface area contributed by atoms with Crippen LogP contribution in [0.2, 0.25) is 0 Å². The minimum atomic E-state index is -1.42. The Morgan fingerprint density at radius 1 is 0.957 bits per heavy atom. The van der Waals surface area contributed by atoms with Crippen LogP contribution >= 0.6 is 0 Å². The molecule has 0 aromatic heterocycles. The predicted octanol–water partition coefficient (Wildman–Crippen LogP) is 5.60. The van der Waals surface area contributed by atoms with Gasteiger partial charge in [0.15, 0.2) is 5.78 Å². The number of Topliss-reactive ketones (excluding diaryl/α,β-unsaturated/α-hetero) is 1. The van der Waals surface area contributed by atoms with E-state index in [1.165, 1.54) is 13.0 Å². The molecule has 10 nitrogen and oxygen atoms in total. The summed E-state index contributed by atoms with van der Waals surface area (Å²) in [4.78, 5) is 48.4. The Bertz CT molecular complexity index is 1180. The minimum absolute atomic E-state index is 0.0238. The topological polar surface area (TPSA) is 168 Å². The van der Waals surface area contributed by atoms with Gasteiger partial charge >= 0.3 is 11.9 Å². The lowest BCUT2D eigenvalue weighted by atomic mass is 9.85. The van der Waals surface area contributed by atoms with Crippen LogP contribution in [0.4, 0.5) is 0 Å². The highest BCUT2D eigenvalue weighted by atomic mass is 16.5. The van der Waals surface area contributed by atoms with Gasteiger partial charge in [0.25, 0.3) is 0 Å². The number of ether oxygens (including phenoxy) is 2. The lowest BCUT2D eigenvalue weighted by molar-refractivity contribution is -0.154. The highest BCUT2D eigenvalue weighted by Crippen LogP contribution is 2.29. The van der Waals surface area contributed by atoms with Gasteiger partial charge in [-0.25, -0.2) is 4.79 Å². The van der Waals surface area contributed by atoms with E-state index < -0.39 is 54.6 Å². The highest BCUT2D eigenvalue weighted by Gasteiger charge is 2.34. The summed E-state index contributed by atoms with van der Waals surface area (Å²) < 4.78 is 10.2. The standard InChI is InChI=1S/C36H56O10/c1-10-28(32(41)17-22(4)37)13-11-12-20(2)16-21(3)14-15-29(38)25(7)31(40)18-30(39)23(5)26(8)45-34(43)19-33(42)35-24(6)27(9)46-36(35)44/h13,17,20-21,23,25-26,29-30,33,38-39,41-42H,9-12,14-16,18-19H2,1-8H3/b28-13+,32-17?/t20-,21?,23+,25-,26+,29?,30?,33?/m0/s1. The number of rotatable bonds is 21. The number of aliphatic hydroxyl groups is 4. The quantitative estimate of drug-likeness (QED) is 0.0532. The maximum atomic E-state index is 12.9. The molecule has 46 heavy (non-hydrogen) atoms. The van der Waals surface area contributed by atoms with Gasteiger partial charge in [0.05, 0.1) is 30.3 Å². The number of carbonyl (C=O) groups is 4. The number of cyclic esters (lactones) is 1. The maximum absolute atomic E-state index is 12.9. The van der Waals surface area contributed by atoms with E-state index in [0.717, 1.165) is 31.3 Å². The third-order valence-electron chi connectivity index (χ3n) is 8.97. The van der Waals surface area contributed by atoms with Crippen LogP contribution in [0, 0.1) is 23.7 Å². The molecule has 0 bridgehead atoms. The monoisotopic (exact) mass is 648 g/mol. The van der Waals surface area contributed by atoms with E-state index in [-0.39, 0.29) is 35.1 Å². The van der Waals surface area contributed by atoms with E-state index in [9.17, 15) is 39.6 Å². The molecule has 10 heteroatoms. The molecule has 1 aliphatic heterocycles. The molecule has 1 heterocycles. The van der Waals surface area contributed by atoms with Gasteiger partial charge in [0, 0.05) is 29.9 Å². The Labute approximate surface area is 274 Å². The van der Waals surface area contributed by atoms with Crippen molar-refractivity contribution in [3.05, 3.63) is 47.0 Å². The van der Waals surface area contributed by atoms with Crippen molar-refractivity contribution in [3.63, 3.8) is 0 Å². The number of aliphatic hydroxyl groups excluding tert-OH is 4. The summed E-state index contributed by atoms with van der Waals surface area (Å²) >= 11 is 0. The second-order valence-electron chi connectivity index (χ2n) is 13.0. The molecule has 1 aliphatic rings. The molecule has 1 rings (SSSR count). The highest BCUT2D eigenvalue weighted by molar-refractivity contribution is 5.96. The number of hydrogen-bond donors (Lipinski definition) is 4. The molecular formula is C36H56O10. The zero-order valence-corrected chi connectivity index (χ0v) is 28.9. The van der Waals surface area contributed by atoms with Crippen molar-refractivity contribution >= 4 is 23.5 Å². The molecule has 0 aromatic rings. The number of allylic oxidation sites excluding steroid dienone is 4. The molecule has 8 atom stereocenters. The largest absolute Gasteiger partial charge is 0.508 e. The minimum Gasteiger partial charge on any atom is -0.508 e. The molecule has 0 radical (unpaired) electrons. The van der Waals surface area contributed by atoms with Gasteiger partial charge in [-0.3, -0.25) is 14.4 Å². The van der Waals surface area contributed by atoms with Crippen LogP contribution in [0.5, 0.6) is 0 Å². The molecule has 4 N–H and O–H groups in total. The fraction of sp³-hybridized carbons (Fsp3) is 0.667. The van der Waals surface area contributed by atoms with Crippen LogP contribution in [-0.2, 0) is 28.7 Å². The first-order chi connectivity index (χ1) is 21.4. The van der Waals surface area contributed by atoms with Gasteiger partial charge in [-0.15, -0.1) is 0 Å². The Morgan fingerprint density at radius 2 is 1.57 bits per heavy atom. The third-order valence-corrected chi connectivity index (χ3v) is 8.97. The molecule has 0 saturated heterocycles. The van der Waals surface area contributed by atoms with Crippen molar-refractivity contribution in [2.45, 2.75) is 131 Å². The van der Waals surface area contributed by atoms with Crippen LogP contribution in [-0.4, -0.2) is 68.3 Å². The second kappa shape index (κ2) is 19.6. The average Bonchev–Trinajstić information content (AvgIpc) is 3.22. The first-order valence-corrected chi connectivity index (χ1v) is 16.4. The van der Waals surface area contributed by atoms with Gasteiger partial charge in [-0.1, -0.05) is 47.3 Å². The molecule has 0 aliphatic carbocycles. The van der Waals surface area contributed by atoms with E-state index >= 15 is 0 Å². The summed E-state index contributed by atoms with van der Waals surface area (Å²) in [5.74, 6) is -2.41. The van der Waals surface area contributed by atoms with Gasteiger partial charge in [-0.05, 0) is 76.7 Å². The number of hydrogen-bond acceptors (Lipinski definition) is 10. The van der Waals surface area contributed by atoms with E-state index in [1.807, 2.05) is 13.0 Å². The molecule has 0 aromatic carbocycles. The lowest BCUT2D eigenvalue weighted by Gasteiger charge is -2.27. The van der Waals surface area contributed by atoms with E-state index in [4.69, 9.17) is 9.47 Å². The van der Waals surface area contributed by atoms with Crippen molar-refractivity contribution in [3.8, 4) is 0 Å². The van der Waals surface area contributed by atoms with Crippen LogP contribution in [0.15, 0.2) is 47.0 Å². The first-order valence-electron chi connectivity index (χ1n) is 16.4. The van der Waals surface area contributed by atoms with E-state index in [2.05, 4.69) is 20.4 Å². The predicted molar refractivity (Wildman–Crippen MR) is 175 cm³/mol. The first kappa shape index (κ1) is 40.9. The Morgan fingerprint density at radius 3 is 2.11 bits per heavy atom. The Hall–Kier alpha value is -3.08. The Kier molecular flexibility index (Phi) is 17.4. The maximum Gasteiger partial charge on any atom is 0.342 e. The summed E-state index contributed by atoms with van der Waals surface area (Å²) in [6.45, 7) is 17.6. The second-order valence-corrected chi connectivity index (χ2v) is 13.0. The lowest BCUT2D eigenvalue weighted by Crippen LogP contribution is -2.36. The van der Waals surface area contributed by atoms with Gasteiger partial charge in [0.2, 0.25) is 0 Å². The summed E-state index contributed by atoms with van der Waals surface area (Å²) in [7, 11) is 0. The normalized spacial score (nSPS) is 19.5. The van der Waals surface area contributed by atoms with Gasteiger partial charge in [0.1, 0.15) is 23.4 Å². The summed E-state index contributed by atoms with van der Waals surface area (Å²) in [6.07, 6.45) is 2.83. The van der Waals surface area contributed by atoms with Crippen molar-refractivity contribution in [1.29, 1.82) is 0 Å². The zero-order chi connectivity index (χ0) is 35.3. The summed E-state index contributed by atoms with van der Waals surface area (Å²) in [6, 6.07) is 0. The summed E-state index contributed by atoms with van der Waals surface area (Å²) in [5, 5.41) is 41.9. The van der Waals surface area contributed by atoms with Crippen molar-refractivity contribution in [2.24, 2.45) is 23.7 Å². The molecule has 4 unspecified atom stereocenters. The number of ketones is 2. The summed E-state index contributed by atoms with van der Waals surface area (Å²) in [5.41, 5.74) is 1.09. The average molecular weight is 649 g/mol. The smallest absolute Gasteiger partial charge is 0.342 e. The molecule has 260 valence electrons. The van der Waals surface area contributed by atoms with Crippen LogP contribution < -0.4 is 0 Å². The van der Waals surface area contributed by atoms with Crippen LogP contribution in [0.25, 0.3) is 0 Å². The SMILES string of the molecule is C=C1OC(=O)C(C(O)CC(=O)O[C@H](C)[C@@H](C)C(O)CC(=O)[C@@H](C)C(O)CCC(C)C[C@@H](C)CC/C=C(\CC)C(O)=CC(C)=O)=C1C. The van der Waals surface area contributed by atoms with E-state index in [1.54, 1.807) is 27.7 Å². The fourth-order valence-electron chi connectivity index (χ4n) is 5.55. The molecule has 0 spiro atoms. The molecule has 0 saturated carbocycles. The van der Waals surface area contributed by atoms with Crippen molar-refractivity contribution in [1.82, 2.24) is 0 Å². The zero-order valence-electron chi connectivity index (χ0n) is 28.9. The van der Waals surface area contributed by atoms with Crippen LogP contribution in [0.1, 0.15) is 107 Å². The van der Waals surface area contributed by atoms with Gasteiger partial charge < -0.3 is 29.9 Å². The molecular weight excluding hydrogens is 592 g/mol. The molecule has 0 fully saturated rings. The van der Waals surface area contributed by atoms with E-state index in [0.29, 0.717) is 30.3 Å². The fourth-order valence-corrected chi connectivity index (χ4v) is 5.55. The third kappa shape index (κ3) is 13.3. The number of carbonyl (C=O) groups excluding carboxylic acids is 4. The van der Waals surface area contributed by atoms with Crippen molar-refractivity contribution < 1.29 is 49.1 Å². The number of esters is 2. The Balaban J connectivity index is 2.50.